The maximum absolute atomic E-state index is 10.7. The van der Waals surface area contributed by atoms with Crippen LogP contribution in [0.2, 0.25) is 5.02 Å². The van der Waals surface area contributed by atoms with Crippen LogP contribution in [0.4, 0.5) is 0 Å². The Balaban J connectivity index is 2.01. The number of nitrogens with zero attached hydrogens (tertiary/aromatic N) is 1. The minimum atomic E-state index is 0.631. The third kappa shape index (κ3) is 5.12. The summed E-state index contributed by atoms with van der Waals surface area (Å²) in [5.74, 6) is 1.56. The molecule has 0 aliphatic carbocycles. The van der Waals surface area contributed by atoms with Crippen molar-refractivity contribution in [3.63, 3.8) is 0 Å². The third-order valence-corrected chi connectivity index (χ3v) is 7.79. The molecule has 0 aliphatic heterocycles. The van der Waals surface area contributed by atoms with Crippen LogP contribution in [0.25, 0.3) is 44.5 Å². The maximum atomic E-state index is 10.7. The number of hydrogen-bond acceptors (Lipinski definition) is 4. The number of benzene rings is 5. The van der Waals surface area contributed by atoms with Crippen LogP contribution in [0.1, 0.15) is 5.56 Å². The lowest BCUT2D eigenvalue weighted by Crippen LogP contribution is -2.01. The van der Waals surface area contributed by atoms with Crippen LogP contribution in [0.5, 0.6) is 11.5 Å². The van der Waals surface area contributed by atoms with Crippen molar-refractivity contribution in [1.82, 2.24) is 0 Å². The third-order valence-electron chi connectivity index (χ3n) is 6.72. The van der Waals surface area contributed by atoms with E-state index in [1.54, 1.807) is 26.0 Å². The van der Waals surface area contributed by atoms with Crippen molar-refractivity contribution in [3.05, 3.63) is 114 Å². The highest BCUT2D eigenvalue weighted by atomic mass is 35.5. The molecular weight excluding hydrogens is 522 g/mol. The van der Waals surface area contributed by atoms with Gasteiger partial charge >= 0.3 is 0 Å². The summed E-state index contributed by atoms with van der Waals surface area (Å²) in [7, 11) is 3.33. The van der Waals surface area contributed by atoms with Crippen molar-refractivity contribution in [2.24, 2.45) is 0 Å². The maximum Gasteiger partial charge on any atom is 0.118 e. The lowest BCUT2D eigenvalue weighted by molar-refractivity contribution is 0.414. The van der Waals surface area contributed by atoms with E-state index in [2.05, 4.69) is 42.5 Å². The van der Waals surface area contributed by atoms with Crippen LogP contribution < -0.4 is 9.47 Å². The molecule has 0 amide bonds. The number of thioether (sulfide) groups is 1. The molecule has 0 fully saturated rings. The second-order valence-electron chi connectivity index (χ2n) is 8.85. The molecule has 0 spiro atoms. The fourth-order valence-corrected chi connectivity index (χ4v) is 5.82. The molecule has 0 saturated heterocycles. The van der Waals surface area contributed by atoms with E-state index in [-0.39, 0.29) is 0 Å². The molecule has 0 aliphatic rings. The molecule has 192 valence electrons. The molecule has 39 heavy (non-hydrogen) atoms. The number of methoxy groups -OCH3 is 2. The first-order valence-electron chi connectivity index (χ1n) is 12.4. The monoisotopic (exact) mass is 547 g/mol. The zero-order chi connectivity index (χ0) is 27.4. The van der Waals surface area contributed by atoms with E-state index in [9.17, 15) is 5.26 Å². The Kier molecular flexibility index (Phi) is 7.93. The quantitative estimate of drug-likeness (QED) is 0.190. The summed E-state index contributed by atoms with van der Waals surface area (Å²) in [6, 6.07) is 36.7. The predicted molar refractivity (Wildman–Crippen MR) is 163 cm³/mol. The zero-order valence-corrected chi connectivity index (χ0v) is 23.4. The number of rotatable bonds is 7. The molecule has 0 heterocycles. The number of ether oxygens (including phenoxy) is 2. The first kappa shape index (κ1) is 26.4. The minimum absolute atomic E-state index is 0.631. The summed E-state index contributed by atoms with van der Waals surface area (Å²) in [6.45, 7) is 0. The molecule has 0 N–H and O–H groups in total. The van der Waals surface area contributed by atoms with E-state index >= 15 is 0 Å². The van der Waals surface area contributed by atoms with E-state index in [0.29, 0.717) is 10.6 Å². The Morgan fingerprint density at radius 3 is 1.51 bits per heavy atom. The van der Waals surface area contributed by atoms with Crippen LogP contribution in [0.3, 0.4) is 0 Å². The van der Waals surface area contributed by atoms with Crippen LogP contribution >= 0.6 is 23.4 Å². The summed E-state index contributed by atoms with van der Waals surface area (Å²) < 4.78 is 10.9. The van der Waals surface area contributed by atoms with Gasteiger partial charge in [-0.25, -0.2) is 0 Å². The standard InChI is InChI=1S/C34H26ClNO2S/c1-37-27-17-11-24(12-18-27)32-31(22-7-5-4-6-8-22)30(23-9-15-26(35)16-10-23)29(21-36)34(39-3)33(32)25-13-19-28(38-2)20-14-25/h4-20H,1-3H3. The highest BCUT2D eigenvalue weighted by molar-refractivity contribution is 7.98. The van der Waals surface area contributed by atoms with Gasteiger partial charge in [-0.3, -0.25) is 0 Å². The molecule has 5 aromatic carbocycles. The summed E-state index contributed by atoms with van der Waals surface area (Å²) in [5.41, 5.74) is 8.53. The van der Waals surface area contributed by atoms with Gasteiger partial charge in [-0.1, -0.05) is 78.3 Å². The van der Waals surface area contributed by atoms with Gasteiger partial charge in [0, 0.05) is 21.0 Å². The number of halogens is 1. The van der Waals surface area contributed by atoms with E-state index in [0.717, 1.165) is 60.9 Å². The average molecular weight is 548 g/mol. The Bertz CT molecular complexity index is 1640. The first-order chi connectivity index (χ1) is 19.1. The molecule has 0 aromatic heterocycles. The largest absolute Gasteiger partial charge is 0.497 e. The van der Waals surface area contributed by atoms with Crippen LogP contribution in [0, 0.1) is 11.3 Å². The fraction of sp³-hybridized carbons (Fsp3) is 0.0882. The molecule has 5 rings (SSSR count). The summed E-state index contributed by atoms with van der Waals surface area (Å²) >= 11 is 7.86. The van der Waals surface area contributed by atoms with Crippen LogP contribution in [-0.2, 0) is 0 Å². The summed E-state index contributed by atoms with van der Waals surface area (Å²) in [5, 5.41) is 11.3. The molecule has 5 heteroatoms. The Morgan fingerprint density at radius 1 is 0.590 bits per heavy atom. The molecule has 0 radical (unpaired) electrons. The van der Waals surface area contributed by atoms with Crippen molar-refractivity contribution in [2.45, 2.75) is 4.90 Å². The predicted octanol–water partition coefficient (Wildman–Crippen LogP) is 9.62. The summed E-state index contributed by atoms with van der Waals surface area (Å²) in [6.07, 6.45) is 2.02. The lowest BCUT2D eigenvalue weighted by atomic mass is 9.80. The average Bonchev–Trinajstić information content (AvgIpc) is 3.00. The normalized spacial score (nSPS) is 10.6. The van der Waals surface area contributed by atoms with Gasteiger partial charge in [0.2, 0.25) is 0 Å². The van der Waals surface area contributed by atoms with Crippen molar-refractivity contribution in [1.29, 1.82) is 5.26 Å². The van der Waals surface area contributed by atoms with Gasteiger partial charge in [-0.05, 0) is 76.0 Å². The fourth-order valence-electron chi connectivity index (χ4n) is 4.92. The zero-order valence-electron chi connectivity index (χ0n) is 21.9. The van der Waals surface area contributed by atoms with E-state index in [1.165, 1.54) is 0 Å². The van der Waals surface area contributed by atoms with Gasteiger partial charge in [0.1, 0.15) is 17.6 Å². The Labute approximate surface area is 238 Å². The van der Waals surface area contributed by atoms with Gasteiger partial charge < -0.3 is 9.47 Å². The molecule has 5 aromatic rings. The van der Waals surface area contributed by atoms with Crippen LogP contribution in [-0.4, -0.2) is 20.5 Å². The van der Waals surface area contributed by atoms with Gasteiger partial charge in [-0.15, -0.1) is 11.8 Å². The van der Waals surface area contributed by atoms with E-state index in [4.69, 9.17) is 21.1 Å². The van der Waals surface area contributed by atoms with Crippen molar-refractivity contribution in [2.75, 3.05) is 20.5 Å². The second-order valence-corrected chi connectivity index (χ2v) is 10.1. The SMILES string of the molecule is COc1ccc(-c2c(SC)c(C#N)c(-c3ccc(Cl)cc3)c(-c3ccccc3)c2-c2ccc(OC)cc2)cc1. The topological polar surface area (TPSA) is 42.2 Å². The van der Waals surface area contributed by atoms with Gasteiger partial charge in [-0.2, -0.15) is 5.26 Å². The molecule has 0 atom stereocenters. The highest BCUT2D eigenvalue weighted by Crippen LogP contribution is 2.52. The minimum Gasteiger partial charge on any atom is -0.497 e. The Hall–Kier alpha value is -4.17. The molecular formula is C34H26ClNO2S. The van der Waals surface area contributed by atoms with E-state index < -0.39 is 0 Å². The smallest absolute Gasteiger partial charge is 0.118 e. The van der Waals surface area contributed by atoms with Crippen molar-refractivity contribution < 1.29 is 9.47 Å². The first-order valence-corrected chi connectivity index (χ1v) is 14.0. The Morgan fingerprint density at radius 2 is 1.03 bits per heavy atom. The molecule has 3 nitrogen and oxygen atoms in total. The van der Waals surface area contributed by atoms with Crippen LogP contribution in [0.15, 0.2) is 108 Å². The molecule has 0 saturated carbocycles. The van der Waals surface area contributed by atoms with Crippen molar-refractivity contribution in [3.8, 4) is 62.1 Å². The molecule has 0 bridgehead atoms. The van der Waals surface area contributed by atoms with Crippen molar-refractivity contribution >= 4 is 23.4 Å². The number of hydrogen-bond donors (Lipinski definition) is 0. The second kappa shape index (κ2) is 11.7. The van der Waals surface area contributed by atoms with E-state index in [1.807, 2.05) is 73.0 Å². The van der Waals surface area contributed by atoms with Gasteiger partial charge in [0.25, 0.3) is 0 Å². The summed E-state index contributed by atoms with van der Waals surface area (Å²) in [4.78, 5) is 0.915. The van der Waals surface area contributed by atoms with Gasteiger partial charge in [0.05, 0.1) is 19.8 Å². The van der Waals surface area contributed by atoms with Gasteiger partial charge in [0.15, 0.2) is 0 Å². The lowest BCUT2D eigenvalue weighted by Gasteiger charge is -2.25. The highest BCUT2D eigenvalue weighted by Gasteiger charge is 2.27. The number of nitriles is 1. The molecule has 0 unspecified atom stereocenters.